The zero-order valence-corrected chi connectivity index (χ0v) is 22.6. The Hall–Kier alpha value is -3.49. The first-order valence-corrected chi connectivity index (χ1v) is 12.6. The number of ether oxygens (including phenoxy) is 3. The summed E-state index contributed by atoms with van der Waals surface area (Å²) in [6.45, 7) is 0.633. The van der Waals surface area contributed by atoms with Crippen molar-refractivity contribution in [3.8, 4) is 17.2 Å². The molecule has 1 N–H and O–H groups in total. The van der Waals surface area contributed by atoms with Gasteiger partial charge in [0.15, 0.2) is 11.5 Å². The Kier molecular flexibility index (Phi) is 8.64. The molecule has 1 fully saturated rings. The van der Waals surface area contributed by atoms with E-state index < -0.39 is 5.92 Å². The highest BCUT2D eigenvalue weighted by Crippen LogP contribution is 2.43. The van der Waals surface area contributed by atoms with Gasteiger partial charge in [0.1, 0.15) is 5.82 Å². The van der Waals surface area contributed by atoms with Gasteiger partial charge in [0.05, 0.1) is 37.8 Å². The van der Waals surface area contributed by atoms with Crippen molar-refractivity contribution in [1.82, 2.24) is 10.2 Å². The van der Waals surface area contributed by atoms with Crippen LogP contribution in [0.3, 0.4) is 0 Å². The molecule has 3 aromatic rings. The number of likely N-dealkylation sites (tertiary alicyclic amines) is 1. The molecule has 0 spiro atoms. The van der Waals surface area contributed by atoms with Crippen molar-refractivity contribution in [2.24, 2.45) is 5.92 Å². The highest BCUT2D eigenvalue weighted by atomic mass is 35.5. The van der Waals surface area contributed by atoms with Crippen LogP contribution in [0.4, 0.5) is 4.39 Å². The second-order valence-corrected chi connectivity index (χ2v) is 9.69. The molecule has 2 amide bonds. The molecule has 1 aliphatic heterocycles. The molecule has 1 aliphatic rings. The molecule has 0 bridgehead atoms. The lowest BCUT2D eigenvalue weighted by Gasteiger charge is -2.21. The molecule has 0 saturated carbocycles. The fourth-order valence-electron chi connectivity index (χ4n) is 4.64. The van der Waals surface area contributed by atoms with Gasteiger partial charge in [0.25, 0.3) is 5.91 Å². The van der Waals surface area contributed by atoms with Gasteiger partial charge in [-0.15, -0.1) is 0 Å². The molecule has 2 unspecified atom stereocenters. The van der Waals surface area contributed by atoms with Gasteiger partial charge in [0.2, 0.25) is 11.7 Å². The Bertz CT molecular complexity index is 1310. The summed E-state index contributed by atoms with van der Waals surface area (Å²) in [5.41, 5.74) is 1.80. The predicted octanol–water partition coefficient (Wildman–Crippen LogP) is 5.33. The molecule has 38 heavy (non-hydrogen) atoms. The summed E-state index contributed by atoms with van der Waals surface area (Å²) in [4.78, 5) is 28.5. The molecular weight excluding hydrogens is 534 g/mol. The smallest absolute Gasteiger partial charge is 0.255 e. The van der Waals surface area contributed by atoms with Crippen LogP contribution in [0.1, 0.15) is 27.4 Å². The van der Waals surface area contributed by atoms with Gasteiger partial charge in [-0.1, -0.05) is 35.3 Å². The van der Waals surface area contributed by atoms with Gasteiger partial charge in [-0.25, -0.2) is 4.39 Å². The molecule has 200 valence electrons. The van der Waals surface area contributed by atoms with Gasteiger partial charge in [-0.05, 0) is 53.6 Å². The number of benzene rings is 3. The Morgan fingerprint density at radius 3 is 2.18 bits per heavy atom. The van der Waals surface area contributed by atoms with Gasteiger partial charge in [-0.2, -0.15) is 0 Å². The van der Waals surface area contributed by atoms with E-state index in [1.165, 1.54) is 39.5 Å². The van der Waals surface area contributed by atoms with E-state index in [1.54, 1.807) is 41.3 Å². The topological polar surface area (TPSA) is 77.1 Å². The summed E-state index contributed by atoms with van der Waals surface area (Å²) in [6, 6.07) is 14.2. The molecule has 0 aromatic heterocycles. The second-order valence-electron chi connectivity index (χ2n) is 8.85. The SMILES string of the molecule is COc1cc(C2CN(C(=O)c3ccc(Cl)cc3Cl)CC2C(=O)NCc2ccc(F)cc2)cc(OC)c1OC. The first kappa shape index (κ1) is 27.5. The van der Waals surface area contributed by atoms with Crippen LogP contribution in [0.15, 0.2) is 54.6 Å². The fourth-order valence-corrected chi connectivity index (χ4v) is 5.13. The number of carbonyl (C=O) groups excluding carboxylic acids is 2. The monoisotopic (exact) mass is 560 g/mol. The minimum absolute atomic E-state index is 0.161. The molecular formula is C28H27Cl2FN2O5. The highest BCUT2D eigenvalue weighted by Gasteiger charge is 2.41. The number of hydrogen-bond acceptors (Lipinski definition) is 5. The van der Waals surface area contributed by atoms with Gasteiger partial charge in [0, 0.05) is 30.6 Å². The minimum Gasteiger partial charge on any atom is -0.493 e. The van der Waals surface area contributed by atoms with Crippen LogP contribution in [0.5, 0.6) is 17.2 Å². The third-order valence-corrected chi connectivity index (χ3v) is 7.15. The van der Waals surface area contributed by atoms with E-state index in [1.807, 2.05) is 0 Å². The van der Waals surface area contributed by atoms with Gasteiger partial charge >= 0.3 is 0 Å². The first-order chi connectivity index (χ1) is 18.2. The van der Waals surface area contributed by atoms with Crippen LogP contribution >= 0.6 is 23.2 Å². The maximum atomic E-state index is 13.5. The number of methoxy groups -OCH3 is 3. The maximum Gasteiger partial charge on any atom is 0.255 e. The number of hydrogen-bond donors (Lipinski definition) is 1. The Morgan fingerprint density at radius 1 is 0.947 bits per heavy atom. The average molecular weight is 561 g/mol. The number of halogens is 3. The third kappa shape index (κ3) is 5.81. The summed E-state index contributed by atoms with van der Waals surface area (Å²) in [6.07, 6.45) is 0. The third-order valence-electron chi connectivity index (χ3n) is 6.60. The van der Waals surface area contributed by atoms with Crippen molar-refractivity contribution in [3.05, 3.63) is 87.2 Å². The molecule has 7 nitrogen and oxygen atoms in total. The number of rotatable bonds is 8. The summed E-state index contributed by atoms with van der Waals surface area (Å²) >= 11 is 12.3. The maximum absolute atomic E-state index is 13.5. The van der Waals surface area contributed by atoms with E-state index in [9.17, 15) is 14.0 Å². The zero-order chi connectivity index (χ0) is 27.4. The standard InChI is InChI=1S/C28H27Cl2FN2O5/c1-36-24-10-17(11-25(37-2)26(24)38-3)21-14-33(28(35)20-9-6-18(29)12-23(20)30)15-22(21)27(34)32-13-16-4-7-19(31)8-5-16/h4-12,21-22H,13-15H2,1-3H3,(H,32,34). The molecule has 10 heteroatoms. The Balaban J connectivity index is 1.66. The minimum atomic E-state index is -0.590. The van der Waals surface area contributed by atoms with Gasteiger partial charge < -0.3 is 24.4 Å². The van der Waals surface area contributed by atoms with Crippen LogP contribution in [-0.4, -0.2) is 51.1 Å². The highest BCUT2D eigenvalue weighted by molar-refractivity contribution is 6.36. The largest absolute Gasteiger partial charge is 0.493 e. The van der Waals surface area contributed by atoms with Crippen LogP contribution in [-0.2, 0) is 11.3 Å². The average Bonchev–Trinajstić information content (AvgIpc) is 3.37. The van der Waals surface area contributed by atoms with Crippen molar-refractivity contribution in [2.45, 2.75) is 12.5 Å². The van der Waals surface area contributed by atoms with Crippen molar-refractivity contribution >= 4 is 35.0 Å². The van der Waals surface area contributed by atoms with E-state index in [-0.39, 0.29) is 48.2 Å². The van der Waals surface area contributed by atoms with E-state index >= 15 is 0 Å². The van der Waals surface area contributed by atoms with Crippen molar-refractivity contribution in [1.29, 1.82) is 0 Å². The Labute approximate surface area is 230 Å². The molecule has 0 aliphatic carbocycles. The molecule has 2 atom stereocenters. The lowest BCUT2D eigenvalue weighted by atomic mass is 9.87. The van der Waals surface area contributed by atoms with Crippen LogP contribution in [0.2, 0.25) is 10.0 Å². The van der Waals surface area contributed by atoms with E-state index in [0.29, 0.717) is 27.8 Å². The summed E-state index contributed by atoms with van der Waals surface area (Å²) in [7, 11) is 4.54. The predicted molar refractivity (Wildman–Crippen MR) is 143 cm³/mol. The van der Waals surface area contributed by atoms with Crippen LogP contribution in [0.25, 0.3) is 0 Å². The van der Waals surface area contributed by atoms with Gasteiger partial charge in [-0.3, -0.25) is 9.59 Å². The zero-order valence-electron chi connectivity index (χ0n) is 21.1. The first-order valence-electron chi connectivity index (χ1n) is 11.8. The lowest BCUT2D eigenvalue weighted by Crippen LogP contribution is -2.35. The molecule has 3 aromatic carbocycles. The van der Waals surface area contributed by atoms with Crippen LogP contribution < -0.4 is 19.5 Å². The number of amides is 2. The summed E-state index contributed by atoms with van der Waals surface area (Å²) in [5, 5.41) is 3.58. The van der Waals surface area contributed by atoms with Crippen molar-refractivity contribution in [2.75, 3.05) is 34.4 Å². The second kappa shape index (κ2) is 11.9. The summed E-state index contributed by atoms with van der Waals surface area (Å²) < 4.78 is 29.8. The number of nitrogens with zero attached hydrogens (tertiary/aromatic N) is 1. The molecule has 0 radical (unpaired) electrons. The van der Waals surface area contributed by atoms with Crippen molar-refractivity contribution < 1.29 is 28.2 Å². The van der Waals surface area contributed by atoms with E-state index in [4.69, 9.17) is 37.4 Å². The lowest BCUT2D eigenvalue weighted by molar-refractivity contribution is -0.125. The Morgan fingerprint density at radius 2 is 1.61 bits per heavy atom. The number of carbonyl (C=O) groups is 2. The molecule has 4 rings (SSSR count). The summed E-state index contributed by atoms with van der Waals surface area (Å²) in [5.74, 6) is -0.567. The van der Waals surface area contributed by atoms with Crippen LogP contribution in [0, 0.1) is 11.7 Å². The molecule has 1 heterocycles. The fraction of sp³-hybridized carbons (Fsp3) is 0.286. The van der Waals surface area contributed by atoms with E-state index in [0.717, 1.165) is 11.1 Å². The number of nitrogens with one attached hydrogen (secondary N) is 1. The van der Waals surface area contributed by atoms with E-state index in [2.05, 4.69) is 5.32 Å². The quantitative estimate of drug-likeness (QED) is 0.403. The molecule has 1 saturated heterocycles. The normalized spacial score (nSPS) is 16.7. The van der Waals surface area contributed by atoms with Crippen molar-refractivity contribution in [3.63, 3.8) is 0 Å².